The Kier molecular flexibility index (Phi) is 2.18. The second-order valence-corrected chi connectivity index (χ2v) is 10.2. The van der Waals surface area contributed by atoms with Gasteiger partial charge in [-0.15, -0.1) is 0 Å². The molecule has 0 heterocycles. The van der Waals surface area contributed by atoms with Crippen LogP contribution in [0.2, 0.25) is 0 Å². The van der Waals surface area contributed by atoms with Crippen molar-refractivity contribution in [3.8, 4) is 33.4 Å². The van der Waals surface area contributed by atoms with Crippen molar-refractivity contribution in [3.63, 3.8) is 0 Å². The molecular weight excluding hydrogens is 553 g/mol. The molecule has 0 aromatic heterocycles. The zero-order valence-corrected chi connectivity index (χ0v) is 23.0. The topological polar surface area (TPSA) is 0 Å². The van der Waals surface area contributed by atoms with Crippen molar-refractivity contribution in [3.05, 3.63) is 169 Å². The molecule has 212 valence electrons. The van der Waals surface area contributed by atoms with Crippen LogP contribution in [0.15, 0.2) is 169 Å². The Morgan fingerprint density at radius 1 is 0.261 bits per heavy atom. The Bertz CT molecular complexity index is 4330. The summed E-state index contributed by atoms with van der Waals surface area (Å²) in [5.41, 5.74) is -4.91. The highest BCUT2D eigenvalue weighted by Crippen LogP contribution is 2.50. The van der Waals surface area contributed by atoms with Gasteiger partial charge < -0.3 is 0 Å². The third-order valence-electron chi connectivity index (χ3n) is 7.94. The lowest BCUT2D eigenvalue weighted by Crippen LogP contribution is -1.94. The molecule has 0 unspecified atom stereocenters. The highest BCUT2D eigenvalue weighted by Gasteiger charge is 2.22. The molecule has 46 heavy (non-hydrogen) atoms. The fraction of sp³-hybridized carbons (Fsp3) is 0. The molecule has 10 rings (SSSR count). The molecule has 0 saturated carbocycles. The van der Waals surface area contributed by atoms with Crippen molar-refractivity contribution in [1.82, 2.24) is 0 Å². The summed E-state index contributed by atoms with van der Waals surface area (Å²) in [7, 11) is 0. The normalized spacial score (nSPS) is 20.4. The van der Waals surface area contributed by atoms with Crippen molar-refractivity contribution < 1.29 is 38.4 Å². The smallest absolute Gasteiger partial charge is 0.0622 e. The molecular formula is C46H28. The molecule has 0 atom stereocenters. The highest BCUT2D eigenvalue weighted by atomic mass is 14.2. The molecule has 10 aromatic rings. The summed E-state index contributed by atoms with van der Waals surface area (Å²) in [6.45, 7) is 0. The largest absolute Gasteiger partial charge is 0.0630 e. The van der Waals surface area contributed by atoms with Crippen molar-refractivity contribution in [1.29, 1.82) is 0 Å². The average molecular weight is 609 g/mol. The van der Waals surface area contributed by atoms with Crippen LogP contribution in [0.25, 0.3) is 98.0 Å². The lowest BCUT2D eigenvalue weighted by Gasteiger charge is -2.22. The number of hydrogen-bond acceptors (Lipinski definition) is 0. The Morgan fingerprint density at radius 3 is 1.61 bits per heavy atom. The van der Waals surface area contributed by atoms with E-state index < -0.39 is 262 Å². The van der Waals surface area contributed by atoms with Crippen LogP contribution in [-0.4, -0.2) is 0 Å². The van der Waals surface area contributed by atoms with Gasteiger partial charge in [0.15, 0.2) is 0 Å². The van der Waals surface area contributed by atoms with E-state index in [9.17, 15) is 15.1 Å². The molecule has 0 saturated heterocycles. The van der Waals surface area contributed by atoms with Crippen LogP contribution >= 0.6 is 0 Å². The first-order valence-corrected chi connectivity index (χ1v) is 13.8. The standard InChI is InChI=1S/C46H28/c1-2-11-29(12-3-1)34-16-6-7-18-36(34)44-37-19-8-9-20-38(37)46(45-35-17-5-4-13-30(35)23-28-41(44)45)40-27-25-33-22-21-31-14-10-15-32-24-26-39(40)43(33)42(31)32/h1-28H/i1D,2D,3D,4D,5D,6D,7D,8D,9D,10D,11D,12D,13D,14D,15D,16D,17D,18D,19D,20D,21D,22D,23D,24D,25D,26D,27D,28D. The second-order valence-electron chi connectivity index (χ2n) is 10.2. The van der Waals surface area contributed by atoms with Gasteiger partial charge in [0.1, 0.15) is 0 Å². The summed E-state index contributed by atoms with van der Waals surface area (Å²) >= 11 is 0. The van der Waals surface area contributed by atoms with Crippen molar-refractivity contribution in [2.45, 2.75) is 0 Å². The second kappa shape index (κ2) is 9.76. The van der Waals surface area contributed by atoms with Gasteiger partial charge in [0.25, 0.3) is 0 Å². The zero-order valence-electron chi connectivity index (χ0n) is 51.0. The van der Waals surface area contributed by atoms with Crippen LogP contribution < -0.4 is 0 Å². The van der Waals surface area contributed by atoms with Gasteiger partial charge >= 0.3 is 0 Å². The molecule has 0 spiro atoms. The highest BCUT2D eigenvalue weighted by molar-refractivity contribution is 6.32. The van der Waals surface area contributed by atoms with Gasteiger partial charge in [-0.2, -0.15) is 0 Å². The third-order valence-corrected chi connectivity index (χ3v) is 7.94. The Balaban J connectivity index is 1.68. The lowest BCUT2D eigenvalue weighted by atomic mass is 9.81. The monoisotopic (exact) mass is 608 g/mol. The van der Waals surface area contributed by atoms with Crippen LogP contribution in [0.4, 0.5) is 0 Å². The van der Waals surface area contributed by atoms with E-state index >= 15 is 0 Å². The summed E-state index contributed by atoms with van der Waals surface area (Å²) in [6, 6.07) is -26.8. The first-order valence-electron chi connectivity index (χ1n) is 27.8. The Labute approximate surface area is 306 Å². The molecule has 0 amide bonds. The van der Waals surface area contributed by atoms with E-state index in [1.807, 2.05) is 0 Å². The predicted octanol–water partition coefficient (Wildman–Crippen LogP) is 13.0. The molecule has 0 radical (unpaired) electrons. The number of rotatable bonds is 3. The minimum atomic E-state index is -1.10. The van der Waals surface area contributed by atoms with Crippen molar-refractivity contribution >= 4 is 64.6 Å². The molecule has 0 N–H and O–H groups in total. The van der Waals surface area contributed by atoms with Crippen molar-refractivity contribution in [2.75, 3.05) is 0 Å². The maximum Gasteiger partial charge on any atom is 0.0630 e. The quantitative estimate of drug-likeness (QED) is 0.138. The van der Waals surface area contributed by atoms with Gasteiger partial charge in [-0.05, 0) is 98.0 Å². The van der Waals surface area contributed by atoms with Crippen LogP contribution in [0.1, 0.15) is 38.4 Å². The molecule has 0 fully saturated rings. The van der Waals surface area contributed by atoms with E-state index in [2.05, 4.69) is 0 Å². The number of fused-ring (bicyclic) bond motifs is 4. The fourth-order valence-corrected chi connectivity index (χ4v) is 6.09. The Hall–Kier alpha value is -5.98. The van der Waals surface area contributed by atoms with Gasteiger partial charge in [-0.3, -0.25) is 0 Å². The maximum atomic E-state index is 9.87. The van der Waals surface area contributed by atoms with E-state index in [0.717, 1.165) is 0 Å². The summed E-state index contributed by atoms with van der Waals surface area (Å²) in [4.78, 5) is 0. The molecule has 0 heteroatoms. The minimum absolute atomic E-state index is 0.352. The van der Waals surface area contributed by atoms with E-state index in [4.69, 9.17) is 23.3 Å². The molecule has 0 aliphatic carbocycles. The van der Waals surface area contributed by atoms with E-state index in [1.165, 1.54) is 0 Å². The van der Waals surface area contributed by atoms with Gasteiger partial charge in [-0.25, -0.2) is 0 Å². The van der Waals surface area contributed by atoms with Crippen molar-refractivity contribution in [2.24, 2.45) is 0 Å². The fourth-order valence-electron chi connectivity index (χ4n) is 6.09. The van der Waals surface area contributed by atoms with Gasteiger partial charge in [0, 0.05) is 0 Å². The van der Waals surface area contributed by atoms with Crippen LogP contribution in [-0.2, 0) is 0 Å². The van der Waals surface area contributed by atoms with Crippen LogP contribution in [0.5, 0.6) is 0 Å². The van der Waals surface area contributed by atoms with Crippen LogP contribution in [0.3, 0.4) is 0 Å². The molecule has 0 aliphatic heterocycles. The van der Waals surface area contributed by atoms with E-state index in [-0.39, 0.29) is 5.39 Å². The number of hydrogen-bond donors (Lipinski definition) is 0. The zero-order chi connectivity index (χ0) is 54.6. The van der Waals surface area contributed by atoms with Crippen LogP contribution in [0, 0.1) is 0 Å². The van der Waals surface area contributed by atoms with Gasteiger partial charge in [-0.1, -0.05) is 169 Å². The number of benzene rings is 10. The average Bonchev–Trinajstić information content (AvgIpc) is 3.36. The summed E-state index contributed by atoms with van der Waals surface area (Å²) < 4.78 is 256. The van der Waals surface area contributed by atoms with Gasteiger partial charge in [0.05, 0.1) is 38.4 Å². The molecule has 0 nitrogen and oxygen atoms in total. The molecule has 0 bridgehead atoms. The summed E-state index contributed by atoms with van der Waals surface area (Å²) in [6.07, 6.45) is 0. The third kappa shape index (κ3) is 3.56. The first-order chi connectivity index (χ1) is 34.5. The SMILES string of the molecule is [2H]c1c([2H])c([2H])c(-c2c([2H])c([2H])c([2H])c([2H])c2-c2c3c([2H])c([2H])c([2H])c([2H])c3c(-c3c([2H])c([2H])c4c([2H])c([2H])c5c([2H])c([2H])c([2H])c6c([2H])c([2H])c3c4c56)c3c2c([2H])c([2H])c2c([2H])c([2H])c([2H])c([2H])c23)c([2H])c1[2H]. The van der Waals surface area contributed by atoms with E-state index in [1.54, 1.807) is 0 Å². The first kappa shape index (κ1) is 10.3. The van der Waals surface area contributed by atoms with E-state index in [0.29, 0.717) is 0 Å². The maximum absolute atomic E-state index is 9.87. The summed E-state index contributed by atoms with van der Waals surface area (Å²) in [5, 5.41) is -7.40. The molecule has 10 aromatic carbocycles. The van der Waals surface area contributed by atoms with Gasteiger partial charge in [0.2, 0.25) is 0 Å². The minimum Gasteiger partial charge on any atom is -0.0622 e. The lowest BCUT2D eigenvalue weighted by molar-refractivity contribution is 1.61. The summed E-state index contributed by atoms with van der Waals surface area (Å²) in [5.74, 6) is 0. The predicted molar refractivity (Wildman–Crippen MR) is 199 cm³/mol. The Morgan fingerprint density at radius 2 is 0.804 bits per heavy atom. The molecule has 0 aliphatic rings.